The number of aliphatic carboxylic acids is 1. The van der Waals surface area contributed by atoms with Gasteiger partial charge in [-0.15, -0.1) is 0 Å². The van der Waals surface area contributed by atoms with Crippen molar-refractivity contribution in [1.82, 2.24) is 9.80 Å². The third kappa shape index (κ3) is 3.92. The number of likely N-dealkylation sites (tertiary alicyclic amines) is 1. The van der Waals surface area contributed by atoms with E-state index >= 15 is 0 Å². The summed E-state index contributed by atoms with van der Waals surface area (Å²) < 4.78 is 5.89. The van der Waals surface area contributed by atoms with Crippen molar-refractivity contribution in [2.75, 3.05) is 26.2 Å². The summed E-state index contributed by atoms with van der Waals surface area (Å²) in [6.07, 6.45) is 2.03. The van der Waals surface area contributed by atoms with Crippen LogP contribution in [-0.4, -0.2) is 53.1 Å². The number of likely N-dealkylation sites (N-methyl/N-ethyl adjacent to an activating group) is 1. The van der Waals surface area contributed by atoms with Crippen LogP contribution in [-0.2, 0) is 11.3 Å². The van der Waals surface area contributed by atoms with Crippen LogP contribution in [0.2, 0.25) is 0 Å². The van der Waals surface area contributed by atoms with Gasteiger partial charge in [0.2, 0.25) is 0 Å². The van der Waals surface area contributed by atoms with Crippen LogP contribution in [0.4, 0.5) is 0 Å². The highest BCUT2D eigenvalue weighted by Gasteiger charge is 2.25. The number of fused-ring (bicyclic) bond motifs is 1. The first-order valence-electron chi connectivity index (χ1n) is 8.31. The maximum Gasteiger partial charge on any atom is 0.317 e. The molecule has 1 fully saturated rings. The van der Waals surface area contributed by atoms with Crippen molar-refractivity contribution < 1.29 is 14.3 Å². The molecule has 1 aromatic carbocycles. The van der Waals surface area contributed by atoms with E-state index in [2.05, 4.69) is 21.9 Å². The van der Waals surface area contributed by atoms with Gasteiger partial charge in [0.15, 0.2) is 0 Å². The maximum absolute atomic E-state index is 10.9. The molecule has 1 saturated heterocycles. The molecule has 3 rings (SSSR count). The molecule has 2 heterocycles. The summed E-state index contributed by atoms with van der Waals surface area (Å²) in [5.74, 6) is 0.263. The van der Waals surface area contributed by atoms with Gasteiger partial charge in [-0.05, 0) is 31.5 Å². The van der Waals surface area contributed by atoms with Gasteiger partial charge in [-0.25, -0.2) is 0 Å². The Hall–Kier alpha value is -1.85. The minimum atomic E-state index is -0.739. The van der Waals surface area contributed by atoms with Gasteiger partial charge >= 0.3 is 5.97 Å². The first-order valence-corrected chi connectivity index (χ1v) is 8.31. The number of nitrogens with zero attached hydrogens (tertiary/aromatic N) is 2. The second-order valence-corrected chi connectivity index (χ2v) is 6.21. The smallest absolute Gasteiger partial charge is 0.317 e. The molecule has 0 saturated carbocycles. The van der Waals surface area contributed by atoms with Crippen LogP contribution >= 0.6 is 0 Å². The first-order chi connectivity index (χ1) is 11.2. The Labute approximate surface area is 136 Å². The lowest BCUT2D eigenvalue weighted by atomic mass is 10.0. The lowest BCUT2D eigenvalue weighted by Crippen LogP contribution is -2.46. The lowest BCUT2D eigenvalue weighted by molar-refractivity contribution is -0.139. The molecule has 0 spiro atoms. The zero-order valence-electron chi connectivity index (χ0n) is 13.6. The number of carboxylic acids is 1. The number of para-hydroxylation sites is 1. The van der Waals surface area contributed by atoms with Gasteiger partial charge in [-0.1, -0.05) is 25.1 Å². The summed E-state index contributed by atoms with van der Waals surface area (Å²) in [7, 11) is 0. The Balaban J connectivity index is 1.55. The molecule has 1 aromatic heterocycles. The van der Waals surface area contributed by atoms with Gasteiger partial charge in [-0.3, -0.25) is 14.6 Å². The number of carbonyl (C=O) groups is 1. The molecular formula is C18H24N2O3. The standard InChI is InChI=1S/C18H24N2O3/c1-2-20(13-18(21)22)15-7-9-19(10-8-15)12-16-11-14-5-3-4-6-17(14)23-16/h3-6,11,15H,2,7-10,12-13H2,1H3,(H,21,22). The van der Waals surface area contributed by atoms with Crippen molar-refractivity contribution in [3.05, 3.63) is 36.1 Å². The Kier molecular flexibility index (Phi) is 4.98. The number of furan rings is 1. The molecule has 5 nitrogen and oxygen atoms in total. The van der Waals surface area contributed by atoms with E-state index in [1.165, 1.54) is 0 Å². The number of hydrogen-bond donors (Lipinski definition) is 1. The number of carboxylic acid groups (broad SMARTS) is 1. The maximum atomic E-state index is 10.9. The van der Waals surface area contributed by atoms with Crippen LogP contribution in [0.3, 0.4) is 0 Å². The summed E-state index contributed by atoms with van der Waals surface area (Å²) in [4.78, 5) is 15.4. The van der Waals surface area contributed by atoms with Crippen LogP contribution in [0.25, 0.3) is 11.0 Å². The summed E-state index contributed by atoms with van der Waals surface area (Å²) in [5, 5.41) is 10.1. The summed E-state index contributed by atoms with van der Waals surface area (Å²) in [5.41, 5.74) is 0.941. The van der Waals surface area contributed by atoms with E-state index in [0.29, 0.717) is 6.04 Å². The highest BCUT2D eigenvalue weighted by molar-refractivity contribution is 5.77. The lowest BCUT2D eigenvalue weighted by Gasteiger charge is -2.37. The number of benzene rings is 1. The molecule has 1 aliphatic rings. The molecule has 0 bridgehead atoms. The molecule has 1 N–H and O–H groups in total. The monoisotopic (exact) mass is 316 g/mol. The van der Waals surface area contributed by atoms with Gasteiger partial charge in [-0.2, -0.15) is 0 Å². The predicted octanol–water partition coefficient (Wildman–Crippen LogP) is 2.80. The van der Waals surface area contributed by atoms with E-state index in [9.17, 15) is 4.79 Å². The highest BCUT2D eigenvalue weighted by atomic mass is 16.4. The van der Waals surface area contributed by atoms with E-state index < -0.39 is 5.97 Å². The minimum absolute atomic E-state index is 0.144. The fourth-order valence-corrected chi connectivity index (χ4v) is 3.45. The van der Waals surface area contributed by atoms with E-state index in [0.717, 1.165) is 55.8 Å². The van der Waals surface area contributed by atoms with Crippen LogP contribution in [0, 0.1) is 0 Å². The Morgan fingerprint density at radius 2 is 2.09 bits per heavy atom. The molecular weight excluding hydrogens is 292 g/mol. The van der Waals surface area contributed by atoms with Gasteiger partial charge in [0, 0.05) is 24.5 Å². The second kappa shape index (κ2) is 7.15. The van der Waals surface area contributed by atoms with Crippen LogP contribution in [0.15, 0.2) is 34.7 Å². The number of piperidine rings is 1. The molecule has 0 unspecified atom stereocenters. The van der Waals surface area contributed by atoms with Crippen molar-refractivity contribution in [3.63, 3.8) is 0 Å². The molecule has 0 aliphatic carbocycles. The highest BCUT2D eigenvalue weighted by Crippen LogP contribution is 2.22. The summed E-state index contributed by atoms with van der Waals surface area (Å²) in [6.45, 7) is 5.76. The molecule has 0 radical (unpaired) electrons. The minimum Gasteiger partial charge on any atom is -0.480 e. The van der Waals surface area contributed by atoms with Gasteiger partial charge in [0.1, 0.15) is 11.3 Å². The molecule has 5 heteroatoms. The van der Waals surface area contributed by atoms with Crippen LogP contribution < -0.4 is 0 Å². The van der Waals surface area contributed by atoms with Crippen molar-refractivity contribution in [2.24, 2.45) is 0 Å². The molecule has 1 aliphatic heterocycles. The van der Waals surface area contributed by atoms with Crippen molar-refractivity contribution >= 4 is 16.9 Å². The third-order valence-corrected chi connectivity index (χ3v) is 4.67. The SMILES string of the molecule is CCN(CC(=O)O)C1CCN(Cc2cc3ccccc3o2)CC1. The van der Waals surface area contributed by atoms with Crippen molar-refractivity contribution in [1.29, 1.82) is 0 Å². The quantitative estimate of drug-likeness (QED) is 0.888. The van der Waals surface area contributed by atoms with Crippen molar-refractivity contribution in [2.45, 2.75) is 32.4 Å². The number of rotatable bonds is 6. The van der Waals surface area contributed by atoms with E-state index in [1.54, 1.807) is 0 Å². The molecule has 0 atom stereocenters. The summed E-state index contributed by atoms with van der Waals surface area (Å²) >= 11 is 0. The molecule has 2 aromatic rings. The van der Waals surface area contributed by atoms with Gasteiger partial charge < -0.3 is 9.52 Å². The third-order valence-electron chi connectivity index (χ3n) is 4.67. The fourth-order valence-electron chi connectivity index (χ4n) is 3.45. The zero-order chi connectivity index (χ0) is 16.2. The van der Waals surface area contributed by atoms with E-state index in [-0.39, 0.29) is 6.54 Å². The van der Waals surface area contributed by atoms with Crippen LogP contribution in [0.5, 0.6) is 0 Å². The summed E-state index contributed by atoms with van der Waals surface area (Å²) in [6, 6.07) is 10.6. The topological polar surface area (TPSA) is 56.9 Å². The normalized spacial score (nSPS) is 17.1. The van der Waals surface area contributed by atoms with Gasteiger partial charge in [0.25, 0.3) is 0 Å². The zero-order valence-corrected chi connectivity index (χ0v) is 13.6. The van der Waals surface area contributed by atoms with E-state index in [4.69, 9.17) is 9.52 Å². The Bertz CT molecular complexity index is 626. The molecule has 23 heavy (non-hydrogen) atoms. The van der Waals surface area contributed by atoms with E-state index in [1.807, 2.05) is 25.1 Å². The average molecular weight is 316 g/mol. The molecule has 124 valence electrons. The first kappa shape index (κ1) is 16.0. The second-order valence-electron chi connectivity index (χ2n) is 6.21. The fraction of sp³-hybridized carbons (Fsp3) is 0.500. The van der Waals surface area contributed by atoms with Gasteiger partial charge in [0.05, 0.1) is 13.1 Å². The molecule has 0 amide bonds. The van der Waals surface area contributed by atoms with Crippen LogP contribution in [0.1, 0.15) is 25.5 Å². The number of hydrogen-bond acceptors (Lipinski definition) is 4. The Morgan fingerprint density at radius 1 is 1.35 bits per heavy atom. The van der Waals surface area contributed by atoms with Crippen molar-refractivity contribution in [3.8, 4) is 0 Å². The Morgan fingerprint density at radius 3 is 2.74 bits per heavy atom. The average Bonchev–Trinajstić information content (AvgIpc) is 2.95. The largest absolute Gasteiger partial charge is 0.480 e. The predicted molar refractivity (Wildman–Crippen MR) is 89.4 cm³/mol.